The topological polar surface area (TPSA) is 26.0 Å². The maximum absolute atomic E-state index is 4.71. The number of hydrogen-bond donors (Lipinski definition) is 2. The van der Waals surface area contributed by atoms with Crippen LogP contribution in [0.3, 0.4) is 0 Å². The van der Waals surface area contributed by atoms with Gasteiger partial charge in [0.05, 0.1) is 0 Å². The molecule has 0 aliphatic rings. The minimum Gasteiger partial charge on any atom is -0.385 e. The summed E-state index contributed by atoms with van der Waals surface area (Å²) in [4.78, 5) is 0. The maximum Gasteiger partial charge on any atom is 0.128 e. The van der Waals surface area contributed by atoms with E-state index in [1.807, 2.05) is 60.7 Å². The molecule has 2 N–H and O–H groups in total. The molecule has 0 radical (unpaired) electrons. The third kappa shape index (κ3) is 24.5. The van der Waals surface area contributed by atoms with E-state index in [1.54, 1.807) is 0 Å². The second-order valence-corrected chi connectivity index (χ2v) is 3.72. The quantitative estimate of drug-likeness (QED) is 0.335. The number of rotatable bonds is 0. The first-order valence-corrected chi connectivity index (χ1v) is 5.39. The zero-order chi connectivity index (χ0) is 12.1. The van der Waals surface area contributed by atoms with Gasteiger partial charge in [-0.25, -0.2) is 0 Å². The van der Waals surface area contributed by atoms with Crippen LogP contribution in [0.5, 0.6) is 0 Å². The van der Waals surface area contributed by atoms with Crippen LogP contribution in [-0.4, -0.2) is 4.32 Å². The van der Waals surface area contributed by atoms with Crippen molar-refractivity contribution < 1.29 is 19.5 Å². The van der Waals surface area contributed by atoms with E-state index in [9.17, 15) is 0 Å². The molecule has 1 nitrogen and oxygen atoms in total. The van der Waals surface area contributed by atoms with Crippen molar-refractivity contribution in [3.63, 3.8) is 0 Å². The number of thiocarbonyl (C=S) groups is 1. The van der Waals surface area contributed by atoms with Gasteiger partial charge in [0.2, 0.25) is 0 Å². The fraction of sp³-hybridized carbons (Fsp3) is 0. The van der Waals surface area contributed by atoms with Gasteiger partial charge in [-0.05, 0) is 0 Å². The van der Waals surface area contributed by atoms with Crippen molar-refractivity contribution >= 4 is 29.2 Å². The van der Waals surface area contributed by atoms with E-state index in [2.05, 4.69) is 37.0 Å². The molecule has 0 amide bonds. The Hall–Kier alpha value is -0.697. The summed E-state index contributed by atoms with van der Waals surface area (Å²) in [6.45, 7) is 0. The molecule has 2 aromatic carbocycles. The molecule has 0 saturated heterocycles. The molecular formula is C14H16NS2Zn-3. The first-order chi connectivity index (χ1) is 7.73. The zero-order valence-corrected chi connectivity index (χ0v) is 15.1. The molecule has 0 fully saturated rings. The molecule has 0 aliphatic carbocycles. The molecule has 0 saturated carbocycles. The zero-order valence-electron chi connectivity index (χ0n) is 10.4. The van der Waals surface area contributed by atoms with E-state index in [0.717, 1.165) is 0 Å². The van der Waals surface area contributed by atoms with E-state index >= 15 is 0 Å². The van der Waals surface area contributed by atoms with Crippen LogP contribution in [0.4, 0.5) is 0 Å². The fourth-order valence-electron chi connectivity index (χ4n) is 0.684. The monoisotopic (exact) mass is 326 g/mol. The standard InChI is InChI=1S/2C6H5.CH3NS2.CH3.Zn/c2*1-2-4-6-5-3-1;2-1(3)4;;/h2*1-5H;(H3,2,3,4);1H3;/q2*-1;;-1;. The first kappa shape index (κ1) is 22.5. The summed E-state index contributed by atoms with van der Waals surface area (Å²) < 4.78 is 0.194. The van der Waals surface area contributed by atoms with Crippen LogP contribution in [0.25, 0.3) is 0 Å². The Kier molecular flexibility index (Phi) is 23.3. The maximum atomic E-state index is 4.71. The molecule has 0 bridgehead atoms. The minimum absolute atomic E-state index is 0. The molecule has 2 rings (SSSR count). The van der Waals surface area contributed by atoms with Gasteiger partial charge in [0.25, 0.3) is 0 Å². The molecule has 0 heterocycles. The summed E-state index contributed by atoms with van der Waals surface area (Å²) in [5.41, 5.74) is 4.71. The molecule has 4 heteroatoms. The summed E-state index contributed by atoms with van der Waals surface area (Å²) in [5, 5.41) is 0. The molecular weight excluding hydrogens is 312 g/mol. The van der Waals surface area contributed by atoms with Crippen LogP contribution < -0.4 is 5.73 Å². The normalized spacial score (nSPS) is 6.72. The van der Waals surface area contributed by atoms with Crippen LogP contribution in [0.2, 0.25) is 0 Å². The van der Waals surface area contributed by atoms with Crippen molar-refractivity contribution in [2.75, 3.05) is 0 Å². The Bertz CT molecular complexity index is 266. The van der Waals surface area contributed by atoms with E-state index in [-0.39, 0.29) is 31.2 Å². The summed E-state index contributed by atoms with van der Waals surface area (Å²) >= 11 is 7.65. The van der Waals surface area contributed by atoms with Gasteiger partial charge in [-0.1, -0.05) is 12.2 Å². The summed E-state index contributed by atoms with van der Waals surface area (Å²) in [6, 6.07) is 25.0. The summed E-state index contributed by atoms with van der Waals surface area (Å²) in [6.07, 6.45) is 0. The average Bonchev–Trinajstić information content (AvgIpc) is 2.34. The van der Waals surface area contributed by atoms with Crippen molar-refractivity contribution in [1.29, 1.82) is 0 Å². The minimum atomic E-state index is 0. The molecule has 18 heavy (non-hydrogen) atoms. The Morgan fingerprint density at radius 2 is 1.06 bits per heavy atom. The van der Waals surface area contributed by atoms with Gasteiger partial charge in [-0.15, -0.1) is 12.6 Å². The molecule has 0 aliphatic heterocycles. The van der Waals surface area contributed by atoms with E-state index in [0.29, 0.717) is 0 Å². The molecule has 0 spiro atoms. The molecule has 0 unspecified atom stereocenters. The summed E-state index contributed by atoms with van der Waals surface area (Å²) in [5.74, 6) is 0. The van der Waals surface area contributed by atoms with E-state index in [1.165, 1.54) is 0 Å². The van der Waals surface area contributed by atoms with Gasteiger partial charge < -0.3 is 13.2 Å². The molecule has 0 aromatic heterocycles. The summed E-state index contributed by atoms with van der Waals surface area (Å²) in [7, 11) is 0. The van der Waals surface area contributed by atoms with E-state index in [4.69, 9.17) is 5.73 Å². The van der Waals surface area contributed by atoms with Crippen LogP contribution in [-0.2, 0) is 19.5 Å². The Balaban J connectivity index is -0.000000182. The second-order valence-electron chi connectivity index (χ2n) is 2.49. The van der Waals surface area contributed by atoms with E-state index < -0.39 is 0 Å². The van der Waals surface area contributed by atoms with Crippen molar-refractivity contribution in [3.05, 3.63) is 80.2 Å². The Labute approximate surface area is 134 Å². The Morgan fingerprint density at radius 1 is 0.833 bits per heavy atom. The average molecular weight is 328 g/mol. The third-order valence-corrected chi connectivity index (χ3v) is 1.21. The molecule has 0 atom stereocenters. The van der Waals surface area contributed by atoms with Gasteiger partial charge in [-0.3, -0.25) is 0 Å². The van der Waals surface area contributed by atoms with Gasteiger partial charge in [0, 0.05) is 19.5 Å². The van der Waals surface area contributed by atoms with Gasteiger partial charge in [-0.2, -0.15) is 72.8 Å². The molecule has 2 aromatic rings. The predicted molar refractivity (Wildman–Crippen MR) is 82.7 cm³/mol. The van der Waals surface area contributed by atoms with Crippen molar-refractivity contribution in [2.24, 2.45) is 5.73 Å². The second kappa shape index (κ2) is 18.7. The fourth-order valence-corrected chi connectivity index (χ4v) is 0.684. The van der Waals surface area contributed by atoms with Crippen LogP contribution in [0.15, 0.2) is 60.7 Å². The van der Waals surface area contributed by atoms with Crippen molar-refractivity contribution in [3.8, 4) is 0 Å². The smallest absolute Gasteiger partial charge is 0.128 e. The van der Waals surface area contributed by atoms with Crippen molar-refractivity contribution in [1.82, 2.24) is 0 Å². The Morgan fingerprint density at radius 3 is 1.11 bits per heavy atom. The predicted octanol–water partition coefficient (Wildman–Crippen LogP) is 3.58. The largest absolute Gasteiger partial charge is 0.385 e. The van der Waals surface area contributed by atoms with Crippen molar-refractivity contribution in [2.45, 2.75) is 0 Å². The molecule has 94 valence electrons. The third-order valence-electron chi connectivity index (χ3n) is 1.21. The number of hydrogen-bond acceptors (Lipinski definition) is 1. The number of benzene rings is 2. The van der Waals surface area contributed by atoms with Crippen LogP contribution >= 0.6 is 24.8 Å². The SMILES string of the molecule is NC(=S)S.[CH3-].[Zn].[c-]1ccccc1.[c-]1ccccc1. The van der Waals surface area contributed by atoms with Gasteiger partial charge >= 0.3 is 0 Å². The number of thiol groups is 1. The van der Waals surface area contributed by atoms with Crippen LogP contribution in [0.1, 0.15) is 0 Å². The van der Waals surface area contributed by atoms with Gasteiger partial charge in [0.1, 0.15) is 4.32 Å². The van der Waals surface area contributed by atoms with Crippen LogP contribution in [0, 0.1) is 19.6 Å². The van der Waals surface area contributed by atoms with Gasteiger partial charge in [0.15, 0.2) is 0 Å². The first-order valence-electron chi connectivity index (χ1n) is 4.54. The number of nitrogens with two attached hydrogens (primary N) is 1.